The quantitative estimate of drug-likeness (QED) is 0.749. The molecule has 0 aliphatic rings. The van der Waals surface area contributed by atoms with Gasteiger partial charge in [0.2, 0.25) is 0 Å². The normalized spacial score (nSPS) is 12.4. The monoisotopic (exact) mass is 351 g/mol. The molecular weight excluding hydrogens is 334 g/mol. The van der Waals surface area contributed by atoms with E-state index in [1.165, 1.54) is 11.1 Å². The van der Waals surface area contributed by atoms with E-state index in [-0.39, 0.29) is 6.04 Å². The highest BCUT2D eigenvalue weighted by Gasteiger charge is 2.16. The molecule has 3 heteroatoms. The Balaban J connectivity index is 2.41. The third-order valence-corrected chi connectivity index (χ3v) is 4.56. The predicted octanol–water partition coefficient (Wildman–Crippen LogP) is 5.50. The molecule has 0 fully saturated rings. The maximum Gasteiger partial charge on any atom is 0.0591 e. The van der Waals surface area contributed by atoms with Gasteiger partial charge in [-0.2, -0.15) is 0 Å². The molecular formula is C17H19BrClN. The summed E-state index contributed by atoms with van der Waals surface area (Å²) in [6.07, 6.45) is 1.09. The molecule has 0 heterocycles. The number of rotatable bonds is 5. The van der Waals surface area contributed by atoms with E-state index in [1.807, 2.05) is 18.2 Å². The molecule has 2 aromatic rings. The van der Waals surface area contributed by atoms with Crippen molar-refractivity contribution in [2.24, 2.45) is 0 Å². The Labute approximate surface area is 134 Å². The summed E-state index contributed by atoms with van der Waals surface area (Å²) in [5.74, 6) is 0. The van der Waals surface area contributed by atoms with E-state index in [0.717, 1.165) is 28.0 Å². The highest BCUT2D eigenvalue weighted by atomic mass is 79.9. The van der Waals surface area contributed by atoms with Gasteiger partial charge in [0.15, 0.2) is 0 Å². The first-order chi connectivity index (χ1) is 9.63. The van der Waals surface area contributed by atoms with Crippen LogP contribution < -0.4 is 5.32 Å². The van der Waals surface area contributed by atoms with Gasteiger partial charge in [0, 0.05) is 9.50 Å². The van der Waals surface area contributed by atoms with Crippen LogP contribution in [-0.4, -0.2) is 6.54 Å². The van der Waals surface area contributed by atoms with Gasteiger partial charge in [-0.15, -0.1) is 0 Å². The summed E-state index contributed by atoms with van der Waals surface area (Å²) >= 11 is 9.92. The zero-order valence-corrected chi connectivity index (χ0v) is 14.1. The molecule has 0 aliphatic carbocycles. The van der Waals surface area contributed by atoms with Crippen molar-refractivity contribution in [3.05, 3.63) is 68.7 Å². The molecule has 2 aromatic carbocycles. The maximum absolute atomic E-state index is 6.37. The number of hydrogen-bond donors (Lipinski definition) is 1. The minimum atomic E-state index is 0.135. The fourth-order valence-corrected chi connectivity index (χ4v) is 2.74. The Kier molecular flexibility index (Phi) is 5.64. The second kappa shape index (κ2) is 7.26. The van der Waals surface area contributed by atoms with Crippen molar-refractivity contribution in [1.82, 2.24) is 5.32 Å². The second-order valence-electron chi connectivity index (χ2n) is 4.92. The first-order valence-corrected chi connectivity index (χ1v) is 8.04. The zero-order chi connectivity index (χ0) is 14.5. The van der Waals surface area contributed by atoms with Crippen molar-refractivity contribution in [2.45, 2.75) is 26.3 Å². The Morgan fingerprint density at radius 3 is 2.60 bits per heavy atom. The highest BCUT2D eigenvalue weighted by molar-refractivity contribution is 9.10. The number of nitrogens with one attached hydrogen (secondary N) is 1. The first-order valence-electron chi connectivity index (χ1n) is 6.87. The highest BCUT2D eigenvalue weighted by Crippen LogP contribution is 2.30. The molecule has 0 bridgehead atoms. The summed E-state index contributed by atoms with van der Waals surface area (Å²) in [5.41, 5.74) is 3.61. The van der Waals surface area contributed by atoms with Crippen molar-refractivity contribution in [3.8, 4) is 0 Å². The minimum absolute atomic E-state index is 0.135. The van der Waals surface area contributed by atoms with Crippen LogP contribution in [0.15, 0.2) is 46.9 Å². The lowest BCUT2D eigenvalue weighted by Gasteiger charge is -2.21. The minimum Gasteiger partial charge on any atom is -0.306 e. The summed E-state index contributed by atoms with van der Waals surface area (Å²) in [5, 5.41) is 4.40. The average Bonchev–Trinajstić information content (AvgIpc) is 2.44. The van der Waals surface area contributed by atoms with E-state index in [1.54, 1.807) is 0 Å². The van der Waals surface area contributed by atoms with E-state index >= 15 is 0 Å². The molecule has 0 spiro atoms. The maximum atomic E-state index is 6.37. The predicted molar refractivity (Wildman–Crippen MR) is 90.5 cm³/mol. The van der Waals surface area contributed by atoms with Crippen molar-refractivity contribution in [2.75, 3.05) is 6.54 Å². The molecule has 106 valence electrons. The van der Waals surface area contributed by atoms with Gasteiger partial charge in [0.05, 0.1) is 6.04 Å². The number of hydrogen-bond acceptors (Lipinski definition) is 1. The third kappa shape index (κ3) is 3.63. The van der Waals surface area contributed by atoms with Crippen LogP contribution in [0.25, 0.3) is 0 Å². The molecule has 0 saturated heterocycles. The van der Waals surface area contributed by atoms with E-state index in [9.17, 15) is 0 Å². The molecule has 1 atom stereocenters. The van der Waals surface area contributed by atoms with Crippen LogP contribution in [0.1, 0.15) is 36.1 Å². The topological polar surface area (TPSA) is 12.0 Å². The molecule has 0 aliphatic heterocycles. The molecule has 0 radical (unpaired) electrons. The molecule has 0 saturated carbocycles. The standard InChI is InChI=1S/C17H19BrClN/c1-3-10-20-17(14-6-4-5-7-16(14)19)13-8-9-15(18)12(2)11-13/h4-9,11,17,20H,3,10H2,1-2H3. The van der Waals surface area contributed by atoms with Gasteiger partial charge in [-0.3, -0.25) is 0 Å². The van der Waals surface area contributed by atoms with Gasteiger partial charge in [-0.1, -0.05) is 64.8 Å². The Morgan fingerprint density at radius 1 is 1.20 bits per heavy atom. The largest absolute Gasteiger partial charge is 0.306 e. The summed E-state index contributed by atoms with van der Waals surface area (Å²) in [4.78, 5) is 0. The van der Waals surface area contributed by atoms with Crippen molar-refractivity contribution < 1.29 is 0 Å². The van der Waals surface area contributed by atoms with Crippen LogP contribution in [0.4, 0.5) is 0 Å². The fourth-order valence-electron chi connectivity index (χ4n) is 2.25. The summed E-state index contributed by atoms with van der Waals surface area (Å²) in [6.45, 7) is 5.24. The molecule has 2 rings (SSSR count). The Morgan fingerprint density at radius 2 is 1.95 bits per heavy atom. The SMILES string of the molecule is CCCNC(c1ccc(Br)c(C)c1)c1ccccc1Cl. The van der Waals surface area contributed by atoms with Gasteiger partial charge >= 0.3 is 0 Å². The van der Waals surface area contributed by atoms with Crippen LogP contribution >= 0.6 is 27.5 Å². The Bertz CT molecular complexity index is 583. The lowest BCUT2D eigenvalue weighted by Crippen LogP contribution is -2.23. The zero-order valence-electron chi connectivity index (χ0n) is 11.8. The summed E-state index contributed by atoms with van der Waals surface area (Å²) in [7, 11) is 0. The van der Waals surface area contributed by atoms with Gasteiger partial charge in [-0.25, -0.2) is 0 Å². The lowest BCUT2D eigenvalue weighted by molar-refractivity contribution is 0.598. The summed E-state index contributed by atoms with van der Waals surface area (Å²) in [6, 6.07) is 14.6. The molecule has 1 nitrogen and oxygen atoms in total. The Hall–Kier alpha value is -0.830. The van der Waals surface area contributed by atoms with Crippen LogP contribution in [-0.2, 0) is 0 Å². The van der Waals surface area contributed by atoms with Gasteiger partial charge < -0.3 is 5.32 Å². The third-order valence-electron chi connectivity index (χ3n) is 3.33. The number of benzene rings is 2. The van der Waals surface area contributed by atoms with Gasteiger partial charge in [-0.05, 0) is 48.7 Å². The summed E-state index contributed by atoms with van der Waals surface area (Å²) < 4.78 is 1.13. The molecule has 20 heavy (non-hydrogen) atoms. The van der Waals surface area contributed by atoms with E-state index in [0.29, 0.717) is 0 Å². The number of halogens is 2. The van der Waals surface area contributed by atoms with Crippen LogP contribution in [0.3, 0.4) is 0 Å². The average molecular weight is 353 g/mol. The van der Waals surface area contributed by atoms with Crippen LogP contribution in [0, 0.1) is 6.92 Å². The van der Waals surface area contributed by atoms with Crippen LogP contribution in [0.5, 0.6) is 0 Å². The van der Waals surface area contributed by atoms with Gasteiger partial charge in [0.1, 0.15) is 0 Å². The molecule has 1 N–H and O–H groups in total. The van der Waals surface area contributed by atoms with E-state index in [2.05, 4.69) is 59.4 Å². The van der Waals surface area contributed by atoms with Gasteiger partial charge in [0.25, 0.3) is 0 Å². The van der Waals surface area contributed by atoms with Crippen molar-refractivity contribution in [3.63, 3.8) is 0 Å². The molecule has 1 unspecified atom stereocenters. The van der Waals surface area contributed by atoms with Crippen molar-refractivity contribution in [1.29, 1.82) is 0 Å². The second-order valence-corrected chi connectivity index (χ2v) is 6.18. The van der Waals surface area contributed by atoms with E-state index < -0.39 is 0 Å². The first kappa shape index (κ1) is 15.6. The fraction of sp³-hybridized carbons (Fsp3) is 0.294. The smallest absolute Gasteiger partial charge is 0.0591 e. The molecule has 0 aromatic heterocycles. The number of aryl methyl sites for hydroxylation is 1. The van der Waals surface area contributed by atoms with E-state index in [4.69, 9.17) is 11.6 Å². The molecule has 0 amide bonds. The van der Waals surface area contributed by atoms with Crippen LogP contribution in [0.2, 0.25) is 5.02 Å². The lowest BCUT2D eigenvalue weighted by atomic mass is 9.97. The van der Waals surface area contributed by atoms with Crippen molar-refractivity contribution >= 4 is 27.5 Å².